The third-order valence-corrected chi connectivity index (χ3v) is 15.1. The maximum atomic E-state index is 3.91. The highest BCUT2D eigenvalue weighted by molar-refractivity contribution is 9.26. The van der Waals surface area contributed by atoms with Gasteiger partial charge in [-0.05, 0) is 119 Å². The highest BCUT2D eigenvalue weighted by atomic mass is 79.9. The molecule has 0 unspecified atom stereocenters. The van der Waals surface area contributed by atoms with Crippen molar-refractivity contribution in [2.45, 2.75) is 13.4 Å². The molecule has 142 valence electrons. The lowest BCUT2D eigenvalue weighted by Gasteiger charge is -2.39. The van der Waals surface area contributed by atoms with Gasteiger partial charge in [-0.15, -0.1) is 0 Å². The summed E-state index contributed by atoms with van der Waals surface area (Å²) in [6, 6.07) is 8.18. The fraction of sp³-hybridized carbons (Fsp3) is 0.250. The summed E-state index contributed by atoms with van der Waals surface area (Å²) in [5.74, 6) is 0.0313. The van der Waals surface area contributed by atoms with E-state index in [1.165, 1.54) is 0 Å². The van der Waals surface area contributed by atoms with Gasteiger partial charge in [0.2, 0.25) is 0 Å². The molecule has 0 saturated carbocycles. The molecule has 0 amide bonds. The standard InChI is InChI=1S/C16H8Br10/c1-6(15(23,24)7-2-4-9(17)13(21)11(7)19)16(25,26)8-3-5-10(18)14(22)12(8)20/h2-6H,1H3. The number of benzene rings is 2. The topological polar surface area (TPSA) is 0 Å². The molecule has 0 saturated heterocycles. The Morgan fingerprint density at radius 2 is 0.885 bits per heavy atom. The number of halogens is 10. The van der Waals surface area contributed by atoms with Crippen molar-refractivity contribution < 1.29 is 0 Å². The summed E-state index contributed by atoms with van der Waals surface area (Å²) in [6.45, 7) is 2.15. The predicted molar refractivity (Wildman–Crippen MR) is 147 cm³/mol. The SMILES string of the molecule is CC(C(Br)(Br)c1ccc(Br)c(Br)c1Br)C(Br)(Br)c1ccc(Br)c(Br)c1Br. The molecule has 10 heteroatoms. The third kappa shape index (κ3) is 5.00. The highest BCUT2D eigenvalue weighted by Crippen LogP contribution is 2.61. The minimum Gasteiger partial charge on any atom is -0.0670 e. The molecule has 0 nitrogen and oxygen atoms in total. The van der Waals surface area contributed by atoms with Crippen molar-refractivity contribution >= 4 is 159 Å². The summed E-state index contributed by atoms with van der Waals surface area (Å²) < 4.78 is 4.81. The lowest BCUT2D eigenvalue weighted by molar-refractivity contribution is 0.516. The van der Waals surface area contributed by atoms with Crippen molar-refractivity contribution in [1.82, 2.24) is 0 Å². The Morgan fingerprint density at radius 1 is 0.577 bits per heavy atom. The van der Waals surface area contributed by atoms with Crippen molar-refractivity contribution in [2.75, 3.05) is 0 Å². The van der Waals surface area contributed by atoms with E-state index < -0.39 is 6.47 Å². The van der Waals surface area contributed by atoms with E-state index >= 15 is 0 Å². The molecule has 0 aromatic heterocycles. The summed E-state index contributed by atoms with van der Waals surface area (Å²) in [5.41, 5.74) is 2.13. The van der Waals surface area contributed by atoms with Crippen LogP contribution in [0.4, 0.5) is 0 Å². The number of hydrogen-bond donors (Lipinski definition) is 0. The van der Waals surface area contributed by atoms with E-state index in [2.05, 4.69) is 178 Å². The molecule has 0 aliphatic carbocycles. The summed E-state index contributed by atoms with van der Waals surface area (Å²) in [5, 5.41) is 0. The van der Waals surface area contributed by atoms with Crippen LogP contribution < -0.4 is 0 Å². The molecule has 0 radical (unpaired) electrons. The normalized spacial score (nSPS) is 12.8. The zero-order valence-electron chi connectivity index (χ0n) is 12.7. The van der Waals surface area contributed by atoms with E-state index in [1.807, 2.05) is 12.1 Å². The molecule has 0 bridgehead atoms. The number of alkyl halides is 4. The van der Waals surface area contributed by atoms with Crippen LogP contribution in [0.5, 0.6) is 0 Å². The molecule has 2 aromatic rings. The van der Waals surface area contributed by atoms with Crippen molar-refractivity contribution in [3.05, 3.63) is 62.2 Å². The molecular formula is C16H8Br10. The van der Waals surface area contributed by atoms with Crippen molar-refractivity contribution in [2.24, 2.45) is 5.92 Å². The van der Waals surface area contributed by atoms with Crippen molar-refractivity contribution in [3.8, 4) is 0 Å². The molecule has 0 fully saturated rings. The van der Waals surface area contributed by atoms with E-state index in [-0.39, 0.29) is 5.92 Å². The van der Waals surface area contributed by atoms with Gasteiger partial charge in [0, 0.05) is 32.8 Å². The Labute approximate surface area is 237 Å². The summed E-state index contributed by atoms with van der Waals surface area (Å²) in [4.78, 5) is 0. The van der Waals surface area contributed by atoms with E-state index in [0.29, 0.717) is 0 Å². The summed E-state index contributed by atoms with van der Waals surface area (Å²) in [6.07, 6.45) is 0. The molecular weight excluding hydrogens is 991 g/mol. The van der Waals surface area contributed by atoms with Crippen LogP contribution >= 0.6 is 159 Å². The zero-order chi connectivity index (χ0) is 20.0. The van der Waals surface area contributed by atoms with Crippen molar-refractivity contribution in [1.29, 1.82) is 0 Å². The Balaban J connectivity index is 2.57. The lowest BCUT2D eigenvalue weighted by Crippen LogP contribution is -2.33. The Morgan fingerprint density at radius 3 is 1.19 bits per heavy atom. The fourth-order valence-electron chi connectivity index (χ4n) is 2.26. The second kappa shape index (κ2) is 9.80. The quantitative estimate of drug-likeness (QED) is 0.212. The largest absolute Gasteiger partial charge is 0.111 e. The second-order valence-electron chi connectivity index (χ2n) is 5.41. The molecule has 2 rings (SSSR count). The molecule has 0 spiro atoms. The van der Waals surface area contributed by atoms with Crippen LogP contribution in [0, 0.1) is 5.92 Å². The van der Waals surface area contributed by atoms with E-state index in [9.17, 15) is 0 Å². The molecule has 0 atom stereocenters. The minimum atomic E-state index is -0.520. The molecule has 0 aliphatic rings. The van der Waals surface area contributed by atoms with Gasteiger partial charge < -0.3 is 0 Å². The summed E-state index contributed by atoms with van der Waals surface area (Å²) >= 11 is 37.4. The highest BCUT2D eigenvalue weighted by Gasteiger charge is 2.47. The Bertz CT molecular complexity index is 774. The van der Waals surface area contributed by atoms with Crippen LogP contribution in [0.1, 0.15) is 18.1 Å². The number of hydrogen-bond acceptors (Lipinski definition) is 0. The van der Waals surface area contributed by atoms with Crippen molar-refractivity contribution in [3.63, 3.8) is 0 Å². The molecule has 2 aromatic carbocycles. The smallest absolute Gasteiger partial charge is 0.0670 e. The third-order valence-electron chi connectivity index (χ3n) is 3.88. The predicted octanol–water partition coefficient (Wildman–Crippen LogP) is 11.5. The molecule has 0 N–H and O–H groups in total. The van der Waals surface area contributed by atoms with Crippen LogP contribution in [0.15, 0.2) is 51.1 Å². The molecule has 26 heavy (non-hydrogen) atoms. The maximum Gasteiger partial charge on any atom is 0.111 e. The molecule has 0 aliphatic heterocycles. The average molecular weight is 999 g/mol. The first-order chi connectivity index (χ1) is 11.8. The first kappa shape index (κ1) is 25.5. The van der Waals surface area contributed by atoms with E-state index in [4.69, 9.17) is 0 Å². The number of rotatable bonds is 4. The summed E-state index contributed by atoms with van der Waals surface area (Å²) in [7, 11) is 0. The minimum absolute atomic E-state index is 0.0313. The second-order valence-corrected chi connectivity index (χ2v) is 17.4. The van der Waals surface area contributed by atoms with Crippen LogP contribution in [0.3, 0.4) is 0 Å². The van der Waals surface area contributed by atoms with Crippen LogP contribution in [-0.2, 0) is 6.47 Å². The van der Waals surface area contributed by atoms with Gasteiger partial charge in [0.15, 0.2) is 0 Å². The first-order valence-electron chi connectivity index (χ1n) is 6.87. The Kier molecular flexibility index (Phi) is 9.61. The average Bonchev–Trinajstić information content (AvgIpc) is 2.56. The van der Waals surface area contributed by atoms with Crippen LogP contribution in [-0.4, -0.2) is 0 Å². The van der Waals surface area contributed by atoms with Gasteiger partial charge in [-0.1, -0.05) is 82.8 Å². The van der Waals surface area contributed by atoms with Gasteiger partial charge in [-0.2, -0.15) is 0 Å². The van der Waals surface area contributed by atoms with Crippen LogP contribution in [0.2, 0.25) is 0 Å². The van der Waals surface area contributed by atoms with Gasteiger partial charge in [-0.3, -0.25) is 0 Å². The van der Waals surface area contributed by atoms with Gasteiger partial charge in [-0.25, -0.2) is 0 Å². The van der Waals surface area contributed by atoms with Gasteiger partial charge >= 0.3 is 0 Å². The monoisotopic (exact) mass is 989 g/mol. The Hall–Kier alpha value is 3.24. The first-order valence-corrected chi connectivity index (χ1v) is 14.8. The zero-order valence-corrected chi connectivity index (χ0v) is 28.5. The van der Waals surface area contributed by atoms with Gasteiger partial charge in [0.25, 0.3) is 0 Å². The fourth-order valence-corrected chi connectivity index (χ4v) is 10.5. The molecule has 0 heterocycles. The maximum absolute atomic E-state index is 3.91. The van der Waals surface area contributed by atoms with Crippen LogP contribution in [0.25, 0.3) is 0 Å². The van der Waals surface area contributed by atoms with E-state index in [1.54, 1.807) is 0 Å². The van der Waals surface area contributed by atoms with E-state index in [0.717, 1.165) is 38.0 Å². The van der Waals surface area contributed by atoms with Gasteiger partial charge in [0.1, 0.15) is 6.47 Å². The lowest BCUT2D eigenvalue weighted by atomic mass is 9.93. The van der Waals surface area contributed by atoms with Gasteiger partial charge in [0.05, 0.1) is 0 Å².